The van der Waals surface area contributed by atoms with E-state index in [-0.39, 0.29) is 11.8 Å². The maximum atomic E-state index is 12.6. The molecule has 2 aromatic carbocycles. The normalized spacial score (nSPS) is 16.1. The van der Waals surface area contributed by atoms with Crippen LogP contribution >= 0.6 is 0 Å². The van der Waals surface area contributed by atoms with Crippen molar-refractivity contribution in [3.8, 4) is 11.5 Å². The molecule has 0 aliphatic carbocycles. The second-order valence-electron chi connectivity index (χ2n) is 6.96. The third-order valence-electron chi connectivity index (χ3n) is 5.18. The highest BCUT2D eigenvalue weighted by Gasteiger charge is 2.36. The summed E-state index contributed by atoms with van der Waals surface area (Å²) in [7, 11) is 0. The minimum Gasteiger partial charge on any atom is -0.490 e. The Balaban J connectivity index is 1.52. The second-order valence-corrected chi connectivity index (χ2v) is 6.96. The van der Waals surface area contributed by atoms with E-state index in [0.717, 1.165) is 30.0 Å². The van der Waals surface area contributed by atoms with E-state index in [1.807, 2.05) is 19.9 Å². The fraction of sp³-hybridized carbons (Fsp3) is 0.364. The molecule has 0 bridgehead atoms. The Morgan fingerprint density at radius 2 is 1.46 bits per heavy atom. The topological polar surface area (TPSA) is 59.1 Å². The summed E-state index contributed by atoms with van der Waals surface area (Å²) in [5.74, 6) is 1.09. The summed E-state index contributed by atoms with van der Waals surface area (Å²) < 4.78 is 11.5. The van der Waals surface area contributed by atoms with Gasteiger partial charge in [0.15, 0.2) is 11.5 Å². The molecule has 0 aromatic heterocycles. The van der Waals surface area contributed by atoms with E-state index in [0.29, 0.717) is 37.6 Å². The van der Waals surface area contributed by atoms with Crippen molar-refractivity contribution in [2.75, 3.05) is 26.4 Å². The molecule has 0 atom stereocenters. The van der Waals surface area contributed by atoms with Crippen LogP contribution in [0.5, 0.6) is 11.5 Å². The van der Waals surface area contributed by atoms with Crippen molar-refractivity contribution in [1.29, 1.82) is 0 Å². The van der Waals surface area contributed by atoms with Crippen LogP contribution in [-0.4, -0.2) is 48.0 Å². The monoisotopic (exact) mass is 380 g/mol. The fourth-order valence-electron chi connectivity index (χ4n) is 3.85. The highest BCUT2D eigenvalue weighted by Crippen LogP contribution is 2.34. The third-order valence-corrected chi connectivity index (χ3v) is 5.18. The molecule has 6 nitrogen and oxygen atoms in total. The Labute approximate surface area is 164 Å². The van der Waals surface area contributed by atoms with Crippen molar-refractivity contribution < 1.29 is 19.1 Å². The molecular weight excluding hydrogens is 356 g/mol. The molecule has 2 heterocycles. The van der Waals surface area contributed by atoms with Crippen molar-refractivity contribution in [2.24, 2.45) is 0 Å². The number of benzene rings is 2. The van der Waals surface area contributed by atoms with E-state index >= 15 is 0 Å². The van der Waals surface area contributed by atoms with E-state index in [9.17, 15) is 9.59 Å². The summed E-state index contributed by atoms with van der Waals surface area (Å²) in [5, 5.41) is 0. The Morgan fingerprint density at radius 3 is 2.04 bits per heavy atom. The standard InChI is InChI=1S/C22H24N2O4/c1-3-27-19-11-15-9-10-23(13-16(15)12-20(19)28-4-2)14-24-21(25)17-7-5-6-8-18(17)22(24)26/h5-8,11-12H,3-4,9-10,13-14H2,1-2H3. The number of amides is 2. The average molecular weight is 380 g/mol. The third kappa shape index (κ3) is 3.24. The van der Waals surface area contributed by atoms with Crippen molar-refractivity contribution >= 4 is 11.8 Å². The maximum Gasteiger partial charge on any atom is 0.262 e. The Hall–Kier alpha value is -2.86. The molecule has 2 amide bonds. The van der Waals surface area contributed by atoms with E-state index in [4.69, 9.17) is 9.47 Å². The molecule has 28 heavy (non-hydrogen) atoms. The Morgan fingerprint density at radius 1 is 0.893 bits per heavy atom. The minimum atomic E-state index is -0.215. The lowest BCUT2D eigenvalue weighted by molar-refractivity contribution is 0.0525. The maximum absolute atomic E-state index is 12.6. The summed E-state index contributed by atoms with van der Waals surface area (Å²) in [4.78, 5) is 28.7. The molecule has 0 radical (unpaired) electrons. The van der Waals surface area contributed by atoms with Crippen molar-refractivity contribution in [3.63, 3.8) is 0 Å². The second kappa shape index (κ2) is 7.64. The number of hydrogen-bond acceptors (Lipinski definition) is 5. The molecule has 0 fully saturated rings. The number of carbonyl (C=O) groups is 2. The van der Waals surface area contributed by atoms with E-state index < -0.39 is 0 Å². The summed E-state index contributed by atoms with van der Waals surface area (Å²) in [5.41, 5.74) is 3.36. The van der Waals surface area contributed by atoms with Gasteiger partial charge in [0.05, 0.1) is 31.0 Å². The SMILES string of the molecule is CCOc1cc2c(cc1OCC)CN(CN1C(=O)c3ccccc3C1=O)CC2. The van der Waals surface area contributed by atoms with Crippen LogP contribution < -0.4 is 9.47 Å². The van der Waals surface area contributed by atoms with Gasteiger partial charge in [-0.15, -0.1) is 0 Å². The summed E-state index contributed by atoms with van der Waals surface area (Å²) in [6, 6.07) is 11.1. The Bertz CT molecular complexity index is 890. The molecule has 6 heteroatoms. The van der Waals surface area contributed by atoms with Gasteiger partial charge in [-0.05, 0) is 55.7 Å². The van der Waals surface area contributed by atoms with Gasteiger partial charge in [0, 0.05) is 13.1 Å². The average Bonchev–Trinajstić information content (AvgIpc) is 2.94. The molecule has 0 saturated carbocycles. The predicted molar refractivity (Wildman–Crippen MR) is 105 cm³/mol. The van der Waals surface area contributed by atoms with E-state index in [1.54, 1.807) is 24.3 Å². The van der Waals surface area contributed by atoms with Gasteiger partial charge < -0.3 is 9.47 Å². The van der Waals surface area contributed by atoms with Crippen molar-refractivity contribution in [3.05, 3.63) is 58.7 Å². The molecule has 2 aliphatic heterocycles. The zero-order valence-electron chi connectivity index (χ0n) is 16.2. The number of imide groups is 1. The van der Waals surface area contributed by atoms with Crippen molar-refractivity contribution in [1.82, 2.24) is 9.80 Å². The number of rotatable bonds is 6. The molecule has 0 unspecified atom stereocenters. The van der Waals surface area contributed by atoms with Crippen molar-refractivity contribution in [2.45, 2.75) is 26.8 Å². The first-order valence-corrected chi connectivity index (χ1v) is 9.71. The molecular formula is C22H24N2O4. The van der Waals surface area contributed by atoms with Crippen LogP contribution in [0.1, 0.15) is 45.7 Å². The molecule has 0 spiro atoms. The highest BCUT2D eigenvalue weighted by atomic mass is 16.5. The quantitative estimate of drug-likeness (QED) is 0.721. The smallest absolute Gasteiger partial charge is 0.262 e. The predicted octanol–water partition coefficient (Wildman–Crippen LogP) is 3.10. The lowest BCUT2D eigenvalue weighted by Crippen LogP contribution is -2.43. The summed E-state index contributed by atoms with van der Waals surface area (Å²) in [6.45, 7) is 6.79. The van der Waals surface area contributed by atoms with Gasteiger partial charge in [-0.2, -0.15) is 0 Å². The van der Waals surface area contributed by atoms with Gasteiger partial charge in [0.25, 0.3) is 11.8 Å². The van der Waals surface area contributed by atoms with Gasteiger partial charge >= 0.3 is 0 Å². The molecule has 0 saturated heterocycles. The van der Waals surface area contributed by atoms with Crippen LogP contribution in [0, 0.1) is 0 Å². The van der Waals surface area contributed by atoms with Crippen LogP contribution in [0.3, 0.4) is 0 Å². The van der Waals surface area contributed by atoms with Gasteiger partial charge in [-0.1, -0.05) is 12.1 Å². The zero-order chi connectivity index (χ0) is 19.7. The number of ether oxygens (including phenoxy) is 2. The van der Waals surface area contributed by atoms with E-state index in [1.165, 1.54) is 10.5 Å². The first kappa shape index (κ1) is 18.5. The van der Waals surface area contributed by atoms with E-state index in [2.05, 4.69) is 11.0 Å². The summed E-state index contributed by atoms with van der Waals surface area (Å²) >= 11 is 0. The summed E-state index contributed by atoms with van der Waals surface area (Å²) in [6.07, 6.45) is 0.838. The van der Waals surface area contributed by atoms with Gasteiger partial charge in [-0.25, -0.2) is 0 Å². The largest absolute Gasteiger partial charge is 0.490 e. The van der Waals surface area contributed by atoms with Gasteiger partial charge in [-0.3, -0.25) is 19.4 Å². The van der Waals surface area contributed by atoms with Gasteiger partial charge in [0.1, 0.15) is 0 Å². The number of nitrogens with zero attached hydrogens (tertiary/aromatic N) is 2. The first-order chi connectivity index (χ1) is 13.6. The fourth-order valence-corrected chi connectivity index (χ4v) is 3.85. The number of hydrogen-bond donors (Lipinski definition) is 0. The lowest BCUT2D eigenvalue weighted by Gasteiger charge is -2.32. The van der Waals surface area contributed by atoms with Crippen LogP contribution in [-0.2, 0) is 13.0 Å². The molecule has 146 valence electrons. The lowest BCUT2D eigenvalue weighted by atomic mass is 9.99. The molecule has 2 aromatic rings. The van der Waals surface area contributed by atoms with Crippen LogP contribution in [0.15, 0.2) is 36.4 Å². The van der Waals surface area contributed by atoms with Gasteiger partial charge in [0.2, 0.25) is 0 Å². The highest BCUT2D eigenvalue weighted by molar-refractivity contribution is 6.21. The number of fused-ring (bicyclic) bond motifs is 2. The first-order valence-electron chi connectivity index (χ1n) is 9.71. The molecule has 4 rings (SSSR count). The van der Waals surface area contributed by atoms with Crippen LogP contribution in [0.25, 0.3) is 0 Å². The minimum absolute atomic E-state index is 0.215. The molecule has 0 N–H and O–H groups in total. The zero-order valence-corrected chi connectivity index (χ0v) is 16.2. The van der Waals surface area contributed by atoms with Crippen LogP contribution in [0.4, 0.5) is 0 Å². The number of carbonyl (C=O) groups excluding carboxylic acids is 2. The van der Waals surface area contributed by atoms with Crippen LogP contribution in [0.2, 0.25) is 0 Å². The Kier molecular flexibility index (Phi) is 5.05. The molecule has 2 aliphatic rings.